The second-order valence-electron chi connectivity index (χ2n) is 3.41. The highest BCUT2D eigenvalue weighted by Crippen LogP contribution is 2.32. The molecule has 0 aromatic heterocycles. The molecule has 0 saturated heterocycles. The first-order valence-electron chi connectivity index (χ1n) is 5.25. The zero-order valence-electron chi connectivity index (χ0n) is 9.09. The lowest BCUT2D eigenvalue weighted by atomic mass is 10.1. The van der Waals surface area contributed by atoms with Crippen molar-refractivity contribution in [2.24, 2.45) is 0 Å². The third-order valence-corrected chi connectivity index (χ3v) is 3.93. The summed E-state index contributed by atoms with van der Waals surface area (Å²) in [6, 6.07) is 6.26. The largest absolute Gasteiger partial charge is 0.492 e. The molecule has 0 N–H and O–H groups in total. The minimum atomic E-state index is 0.425. The third-order valence-electron chi connectivity index (χ3n) is 2.14. The van der Waals surface area contributed by atoms with E-state index in [1.54, 1.807) is 0 Å². The van der Waals surface area contributed by atoms with Crippen LogP contribution < -0.4 is 4.74 Å². The quantitative estimate of drug-likeness (QED) is 0.681. The van der Waals surface area contributed by atoms with Gasteiger partial charge >= 0.3 is 0 Å². The van der Waals surface area contributed by atoms with Crippen LogP contribution in [-0.4, -0.2) is 6.61 Å². The van der Waals surface area contributed by atoms with Crippen LogP contribution in [0.5, 0.6) is 5.75 Å². The van der Waals surface area contributed by atoms with Crippen molar-refractivity contribution in [1.29, 1.82) is 0 Å². The maximum Gasteiger partial charge on any atom is 0.133 e. The van der Waals surface area contributed by atoms with Gasteiger partial charge in [0.2, 0.25) is 0 Å². The highest BCUT2D eigenvalue weighted by molar-refractivity contribution is 9.10. The Bertz CT molecular complexity index is 312. The van der Waals surface area contributed by atoms with Crippen molar-refractivity contribution < 1.29 is 4.74 Å². The fourth-order valence-electron chi connectivity index (χ4n) is 1.28. The van der Waals surface area contributed by atoms with E-state index >= 15 is 0 Å². The summed E-state index contributed by atoms with van der Waals surface area (Å²) < 4.78 is 6.63. The highest BCUT2D eigenvalue weighted by Gasteiger charge is 2.07. The molecule has 1 rings (SSSR count). The molecule has 3 heteroatoms. The van der Waals surface area contributed by atoms with E-state index in [0.717, 1.165) is 29.7 Å². The van der Waals surface area contributed by atoms with Crippen LogP contribution in [0.2, 0.25) is 0 Å². The molecule has 0 radical (unpaired) electrons. The molecular formula is C12H16Br2O. The molecule has 1 unspecified atom stereocenters. The molecule has 0 bridgehead atoms. The average molecular weight is 336 g/mol. The van der Waals surface area contributed by atoms with Crippen molar-refractivity contribution in [2.45, 2.75) is 31.5 Å². The Balaban J connectivity index is 2.78. The summed E-state index contributed by atoms with van der Waals surface area (Å²) in [5, 5.41) is 0. The first-order chi connectivity index (χ1) is 7.19. The number of ether oxygens (including phenoxy) is 1. The van der Waals surface area contributed by atoms with Gasteiger partial charge in [0.05, 0.1) is 11.1 Å². The van der Waals surface area contributed by atoms with Gasteiger partial charge in [-0.25, -0.2) is 0 Å². The van der Waals surface area contributed by atoms with E-state index in [1.165, 1.54) is 5.56 Å². The lowest BCUT2D eigenvalue weighted by Gasteiger charge is -2.11. The van der Waals surface area contributed by atoms with E-state index in [2.05, 4.69) is 57.8 Å². The molecule has 0 aliphatic rings. The van der Waals surface area contributed by atoms with Crippen molar-refractivity contribution in [3.05, 3.63) is 28.2 Å². The summed E-state index contributed by atoms with van der Waals surface area (Å²) in [6.07, 6.45) is 2.12. The zero-order valence-corrected chi connectivity index (χ0v) is 12.3. The maximum atomic E-state index is 5.59. The Morgan fingerprint density at radius 3 is 2.60 bits per heavy atom. The topological polar surface area (TPSA) is 9.23 Å². The number of alkyl halides is 1. The van der Waals surface area contributed by atoms with Gasteiger partial charge in [-0.05, 0) is 46.5 Å². The minimum absolute atomic E-state index is 0.425. The number of rotatable bonds is 5. The van der Waals surface area contributed by atoms with Crippen molar-refractivity contribution in [2.75, 3.05) is 6.61 Å². The molecule has 1 aromatic carbocycles. The summed E-state index contributed by atoms with van der Waals surface area (Å²) in [4.78, 5) is 0.425. The maximum absolute atomic E-state index is 5.59. The summed E-state index contributed by atoms with van der Waals surface area (Å²) in [5.74, 6) is 0.927. The summed E-state index contributed by atoms with van der Waals surface area (Å²) in [6.45, 7) is 5.03. The molecule has 0 aliphatic carbocycles. The van der Waals surface area contributed by atoms with Gasteiger partial charge in [-0.2, -0.15) is 0 Å². The van der Waals surface area contributed by atoms with Gasteiger partial charge in [-0.15, -0.1) is 0 Å². The Labute approximate surface area is 108 Å². The molecule has 84 valence electrons. The average Bonchev–Trinajstić information content (AvgIpc) is 2.26. The molecule has 0 fully saturated rings. The van der Waals surface area contributed by atoms with Crippen LogP contribution in [0, 0.1) is 0 Å². The Hall–Kier alpha value is -0.0200. The minimum Gasteiger partial charge on any atom is -0.492 e. The summed E-state index contributed by atoms with van der Waals surface area (Å²) in [7, 11) is 0. The normalized spacial score (nSPS) is 12.5. The van der Waals surface area contributed by atoms with Crippen LogP contribution in [0.15, 0.2) is 22.7 Å². The van der Waals surface area contributed by atoms with E-state index in [1.807, 2.05) is 6.07 Å². The molecular weight excluding hydrogens is 320 g/mol. The zero-order chi connectivity index (χ0) is 11.3. The predicted octanol–water partition coefficient (Wildman–Crippen LogP) is 5.08. The number of benzene rings is 1. The molecule has 0 spiro atoms. The van der Waals surface area contributed by atoms with E-state index in [0.29, 0.717) is 4.83 Å². The van der Waals surface area contributed by atoms with Crippen molar-refractivity contribution in [3.8, 4) is 5.75 Å². The fourth-order valence-corrected chi connectivity index (χ4v) is 2.07. The Kier molecular flexibility index (Phi) is 5.69. The Morgan fingerprint density at radius 1 is 1.33 bits per heavy atom. The first-order valence-corrected chi connectivity index (χ1v) is 6.96. The van der Waals surface area contributed by atoms with E-state index in [4.69, 9.17) is 4.74 Å². The predicted molar refractivity (Wildman–Crippen MR) is 71.9 cm³/mol. The van der Waals surface area contributed by atoms with Crippen LogP contribution in [0.25, 0.3) is 0 Å². The number of hydrogen-bond acceptors (Lipinski definition) is 1. The second kappa shape index (κ2) is 6.54. The van der Waals surface area contributed by atoms with Crippen LogP contribution in [0.3, 0.4) is 0 Å². The molecule has 0 saturated carbocycles. The number of hydrogen-bond donors (Lipinski definition) is 0. The Morgan fingerprint density at radius 2 is 2.07 bits per heavy atom. The standard InChI is InChI=1S/C12H16Br2O/c1-3-7-15-12-6-5-9(8-11(12)14)10(13)4-2/h5-6,8,10H,3-4,7H2,1-2H3. The molecule has 1 atom stereocenters. The van der Waals surface area contributed by atoms with Crippen molar-refractivity contribution >= 4 is 31.9 Å². The molecule has 15 heavy (non-hydrogen) atoms. The van der Waals surface area contributed by atoms with Crippen LogP contribution in [0.4, 0.5) is 0 Å². The number of halogens is 2. The van der Waals surface area contributed by atoms with Gasteiger partial charge < -0.3 is 4.74 Å². The highest BCUT2D eigenvalue weighted by atomic mass is 79.9. The monoisotopic (exact) mass is 334 g/mol. The molecule has 1 nitrogen and oxygen atoms in total. The molecule has 0 amide bonds. The van der Waals surface area contributed by atoms with E-state index in [9.17, 15) is 0 Å². The lowest BCUT2D eigenvalue weighted by molar-refractivity contribution is 0.315. The third kappa shape index (κ3) is 3.80. The van der Waals surface area contributed by atoms with E-state index < -0.39 is 0 Å². The van der Waals surface area contributed by atoms with Gasteiger partial charge in [-0.3, -0.25) is 0 Å². The van der Waals surface area contributed by atoms with Crippen LogP contribution in [-0.2, 0) is 0 Å². The van der Waals surface area contributed by atoms with Crippen molar-refractivity contribution in [3.63, 3.8) is 0 Å². The summed E-state index contributed by atoms with van der Waals surface area (Å²) in [5.41, 5.74) is 1.29. The van der Waals surface area contributed by atoms with Crippen molar-refractivity contribution in [1.82, 2.24) is 0 Å². The van der Waals surface area contributed by atoms with E-state index in [-0.39, 0.29) is 0 Å². The van der Waals surface area contributed by atoms with Gasteiger partial charge in [-0.1, -0.05) is 35.8 Å². The second-order valence-corrected chi connectivity index (χ2v) is 5.37. The summed E-state index contributed by atoms with van der Waals surface area (Å²) >= 11 is 7.16. The molecule has 1 aromatic rings. The lowest BCUT2D eigenvalue weighted by Crippen LogP contribution is -1.96. The fraction of sp³-hybridized carbons (Fsp3) is 0.500. The molecule has 0 heterocycles. The van der Waals surface area contributed by atoms with Crippen LogP contribution in [0.1, 0.15) is 37.1 Å². The molecule has 0 aliphatic heterocycles. The SMILES string of the molecule is CCCOc1ccc(C(Br)CC)cc1Br. The van der Waals surface area contributed by atoms with Gasteiger partial charge in [0, 0.05) is 4.83 Å². The van der Waals surface area contributed by atoms with Gasteiger partial charge in [0.25, 0.3) is 0 Å². The van der Waals surface area contributed by atoms with Gasteiger partial charge in [0.1, 0.15) is 5.75 Å². The first kappa shape index (κ1) is 13.0. The van der Waals surface area contributed by atoms with Gasteiger partial charge in [0.15, 0.2) is 0 Å². The smallest absolute Gasteiger partial charge is 0.133 e. The van der Waals surface area contributed by atoms with Crippen LogP contribution >= 0.6 is 31.9 Å².